The van der Waals surface area contributed by atoms with Crippen LogP contribution >= 0.6 is 23.2 Å². The van der Waals surface area contributed by atoms with Gasteiger partial charge in [-0.05, 0) is 33.3 Å². The van der Waals surface area contributed by atoms with Crippen LogP contribution in [0.3, 0.4) is 0 Å². The molecule has 2 heterocycles. The molecule has 1 N–H and O–H groups in total. The van der Waals surface area contributed by atoms with Crippen molar-refractivity contribution >= 4 is 45.8 Å². The largest absolute Gasteiger partial charge is 0.324 e. The van der Waals surface area contributed by atoms with Crippen molar-refractivity contribution in [1.29, 1.82) is 0 Å². The van der Waals surface area contributed by atoms with Crippen LogP contribution in [0.5, 0.6) is 0 Å². The number of anilines is 1. The van der Waals surface area contributed by atoms with Crippen LogP contribution in [0.1, 0.15) is 33.2 Å². The third kappa shape index (κ3) is 2.28. The third-order valence-electron chi connectivity index (χ3n) is 3.94. The number of aromatic nitrogens is 3. The average Bonchev–Trinajstić information content (AvgIpc) is 2.76. The van der Waals surface area contributed by atoms with Gasteiger partial charge in [0.1, 0.15) is 4.33 Å². The predicted octanol–water partition coefficient (Wildman–Crippen LogP) is 3.53. The van der Waals surface area contributed by atoms with Crippen molar-refractivity contribution in [2.45, 2.75) is 37.6 Å². The summed E-state index contributed by atoms with van der Waals surface area (Å²) in [6.45, 7) is 5.83. The fraction of sp³-hybridized carbons (Fsp3) is 0.500. The highest BCUT2D eigenvalue weighted by atomic mass is 35.5. The van der Waals surface area contributed by atoms with Crippen molar-refractivity contribution in [3.8, 4) is 0 Å². The zero-order valence-electron chi connectivity index (χ0n) is 12.0. The molecule has 0 spiro atoms. The van der Waals surface area contributed by atoms with Gasteiger partial charge in [-0.1, -0.05) is 0 Å². The summed E-state index contributed by atoms with van der Waals surface area (Å²) in [4.78, 5) is 16.6. The molecule has 1 aliphatic carbocycles. The number of nitrogens with zero attached hydrogens (tertiary/aromatic N) is 3. The van der Waals surface area contributed by atoms with Crippen LogP contribution in [0.25, 0.3) is 11.0 Å². The second-order valence-electron chi connectivity index (χ2n) is 5.99. The Labute approximate surface area is 132 Å². The maximum absolute atomic E-state index is 12.2. The highest BCUT2D eigenvalue weighted by Gasteiger charge is 2.67. The van der Waals surface area contributed by atoms with Crippen LogP contribution in [-0.2, 0) is 4.79 Å². The Bertz CT molecular complexity index is 725. The predicted molar refractivity (Wildman–Crippen MR) is 83.7 cm³/mol. The molecule has 7 heteroatoms. The second kappa shape index (κ2) is 4.58. The number of amides is 1. The summed E-state index contributed by atoms with van der Waals surface area (Å²) in [5.41, 5.74) is 0.672. The van der Waals surface area contributed by atoms with Crippen LogP contribution in [0.2, 0.25) is 0 Å². The first kappa shape index (κ1) is 14.6. The van der Waals surface area contributed by atoms with Gasteiger partial charge in [0, 0.05) is 11.4 Å². The smallest absolute Gasteiger partial charge is 0.233 e. The minimum absolute atomic E-state index is 0.190. The zero-order valence-corrected chi connectivity index (χ0v) is 13.5. The van der Waals surface area contributed by atoms with Crippen molar-refractivity contribution in [2.75, 3.05) is 5.32 Å². The number of nitrogens with one attached hydrogen (secondary N) is 1. The number of hydrogen-bond acceptors (Lipinski definition) is 3. The number of pyridine rings is 1. The van der Waals surface area contributed by atoms with Gasteiger partial charge in [0.15, 0.2) is 5.65 Å². The Balaban J connectivity index is 1.84. The molecule has 1 amide bonds. The highest BCUT2D eigenvalue weighted by molar-refractivity contribution is 6.53. The summed E-state index contributed by atoms with van der Waals surface area (Å²) in [5, 5.41) is 8.00. The lowest BCUT2D eigenvalue weighted by Crippen LogP contribution is -2.26. The monoisotopic (exact) mass is 326 g/mol. The van der Waals surface area contributed by atoms with Crippen LogP contribution in [0.15, 0.2) is 18.5 Å². The van der Waals surface area contributed by atoms with E-state index in [4.69, 9.17) is 23.2 Å². The van der Waals surface area contributed by atoms with Gasteiger partial charge in [-0.3, -0.25) is 4.79 Å². The topological polar surface area (TPSA) is 59.8 Å². The first-order chi connectivity index (χ1) is 9.74. The molecule has 2 aromatic heterocycles. The normalized spacial score (nSPS) is 23.5. The van der Waals surface area contributed by atoms with Crippen molar-refractivity contribution in [3.63, 3.8) is 0 Å². The van der Waals surface area contributed by atoms with Crippen LogP contribution < -0.4 is 5.32 Å². The molecule has 1 saturated carbocycles. The number of halogens is 2. The Hall–Kier alpha value is -1.33. The summed E-state index contributed by atoms with van der Waals surface area (Å²) in [7, 11) is 0. The van der Waals surface area contributed by atoms with E-state index >= 15 is 0 Å². The third-order valence-corrected chi connectivity index (χ3v) is 5.04. The first-order valence-electron chi connectivity index (χ1n) is 6.77. The highest BCUT2D eigenvalue weighted by Crippen LogP contribution is 2.64. The van der Waals surface area contributed by atoms with E-state index in [0.29, 0.717) is 12.1 Å². The van der Waals surface area contributed by atoms with Crippen molar-refractivity contribution in [3.05, 3.63) is 18.5 Å². The molecule has 5 nitrogen and oxygen atoms in total. The van der Waals surface area contributed by atoms with E-state index in [1.54, 1.807) is 19.3 Å². The van der Waals surface area contributed by atoms with E-state index in [-0.39, 0.29) is 11.9 Å². The number of carbonyl (C=O) groups excluding carboxylic acids is 1. The number of fused-ring (bicyclic) bond motifs is 1. The molecule has 0 saturated heterocycles. The standard InChI is InChI=1S/C14H16Cl2N4O/c1-8(2)20-11-9(5-18-20)4-10(6-17-11)19-12(21)13(3)7-14(13,15)16/h4-6,8H,7H2,1-3H3,(H,19,21)/t13-/m0/s1. The van der Waals surface area contributed by atoms with E-state index < -0.39 is 9.75 Å². The van der Waals surface area contributed by atoms with E-state index in [1.165, 1.54) is 0 Å². The molecule has 0 radical (unpaired) electrons. The average molecular weight is 327 g/mol. The minimum atomic E-state index is -0.975. The molecule has 2 aromatic rings. The quantitative estimate of drug-likeness (QED) is 0.877. The summed E-state index contributed by atoms with van der Waals surface area (Å²) in [6, 6.07) is 2.08. The summed E-state index contributed by atoms with van der Waals surface area (Å²) < 4.78 is 0.864. The van der Waals surface area contributed by atoms with Crippen LogP contribution in [-0.4, -0.2) is 25.0 Å². The van der Waals surface area contributed by atoms with E-state index in [2.05, 4.69) is 15.4 Å². The Morgan fingerprint density at radius 2 is 2.10 bits per heavy atom. The van der Waals surface area contributed by atoms with Crippen LogP contribution in [0, 0.1) is 5.41 Å². The molecule has 0 aromatic carbocycles. The fourth-order valence-corrected chi connectivity index (χ4v) is 3.01. The second-order valence-corrected chi connectivity index (χ2v) is 7.47. The Morgan fingerprint density at radius 1 is 1.43 bits per heavy atom. The number of rotatable bonds is 3. The molecule has 0 unspecified atom stereocenters. The van der Waals surface area contributed by atoms with Crippen LogP contribution in [0.4, 0.5) is 5.69 Å². The molecular weight excluding hydrogens is 311 g/mol. The summed E-state index contributed by atoms with van der Waals surface area (Å²) in [5.74, 6) is -0.190. The molecular formula is C14H16Cl2N4O. The molecule has 1 aliphatic rings. The summed E-state index contributed by atoms with van der Waals surface area (Å²) >= 11 is 12.0. The lowest BCUT2D eigenvalue weighted by atomic mass is 10.1. The molecule has 1 atom stereocenters. The lowest BCUT2D eigenvalue weighted by Gasteiger charge is -2.12. The number of alkyl halides is 2. The molecule has 0 bridgehead atoms. The molecule has 112 valence electrons. The van der Waals surface area contributed by atoms with Crippen molar-refractivity contribution in [2.24, 2.45) is 5.41 Å². The molecule has 21 heavy (non-hydrogen) atoms. The Morgan fingerprint density at radius 3 is 2.67 bits per heavy atom. The molecule has 3 rings (SSSR count). The van der Waals surface area contributed by atoms with E-state index in [1.807, 2.05) is 24.6 Å². The number of carbonyl (C=O) groups is 1. The van der Waals surface area contributed by atoms with E-state index in [0.717, 1.165) is 11.0 Å². The van der Waals surface area contributed by atoms with Gasteiger partial charge in [0.2, 0.25) is 5.91 Å². The first-order valence-corrected chi connectivity index (χ1v) is 7.53. The molecule has 1 fully saturated rings. The van der Waals surface area contributed by atoms with Gasteiger partial charge in [0.05, 0.1) is 23.5 Å². The van der Waals surface area contributed by atoms with Gasteiger partial charge in [-0.2, -0.15) is 5.10 Å². The maximum Gasteiger partial charge on any atom is 0.233 e. The van der Waals surface area contributed by atoms with Gasteiger partial charge in [-0.25, -0.2) is 9.67 Å². The van der Waals surface area contributed by atoms with Crippen molar-refractivity contribution < 1.29 is 4.79 Å². The summed E-state index contributed by atoms with van der Waals surface area (Å²) in [6.07, 6.45) is 3.82. The van der Waals surface area contributed by atoms with E-state index in [9.17, 15) is 4.79 Å². The SMILES string of the molecule is CC(C)n1ncc2cc(NC(=O)[C@]3(C)CC3(Cl)Cl)cnc21. The Kier molecular flexibility index (Phi) is 3.19. The zero-order chi connectivity index (χ0) is 15.4. The lowest BCUT2D eigenvalue weighted by molar-refractivity contribution is -0.120. The number of hydrogen-bond donors (Lipinski definition) is 1. The van der Waals surface area contributed by atoms with Gasteiger partial charge < -0.3 is 5.32 Å². The minimum Gasteiger partial charge on any atom is -0.324 e. The van der Waals surface area contributed by atoms with Gasteiger partial charge in [-0.15, -0.1) is 23.2 Å². The van der Waals surface area contributed by atoms with Gasteiger partial charge >= 0.3 is 0 Å². The fourth-order valence-electron chi connectivity index (χ4n) is 2.30. The van der Waals surface area contributed by atoms with Gasteiger partial charge in [0.25, 0.3) is 0 Å². The van der Waals surface area contributed by atoms with Crippen molar-refractivity contribution in [1.82, 2.24) is 14.8 Å². The maximum atomic E-state index is 12.2. The molecule has 0 aliphatic heterocycles.